The number of carbonyl (C=O) groups is 1. The molecule has 2 aliphatic rings. The van der Waals surface area contributed by atoms with Crippen LogP contribution in [-0.2, 0) is 4.74 Å². The van der Waals surface area contributed by atoms with Crippen LogP contribution in [0.1, 0.15) is 40.4 Å². The summed E-state index contributed by atoms with van der Waals surface area (Å²) >= 11 is 2.33. The zero-order chi connectivity index (χ0) is 18.6. The first kappa shape index (κ1) is 18.5. The first-order chi connectivity index (χ1) is 13.2. The van der Waals surface area contributed by atoms with Crippen LogP contribution in [0.15, 0.2) is 54.6 Å². The van der Waals surface area contributed by atoms with Crippen molar-refractivity contribution in [3.63, 3.8) is 0 Å². The number of fused-ring (bicyclic) bond motifs is 1. The average Bonchev–Trinajstić information content (AvgIpc) is 2.73. The Morgan fingerprint density at radius 2 is 1.93 bits per heavy atom. The van der Waals surface area contributed by atoms with Crippen LogP contribution in [0.25, 0.3) is 3.58 Å². The molecule has 27 heavy (non-hydrogen) atoms. The summed E-state index contributed by atoms with van der Waals surface area (Å²) in [6.45, 7) is 2.35. The minimum atomic E-state index is -0.0204. The van der Waals surface area contributed by atoms with Gasteiger partial charge in [-0.15, -0.1) is 0 Å². The molecule has 2 aromatic carbocycles. The highest BCUT2D eigenvalue weighted by Gasteiger charge is 2.27. The van der Waals surface area contributed by atoms with Gasteiger partial charge in [0.15, 0.2) is 0 Å². The fraction of sp³-hybridized carbons (Fsp3) is 0.318. The molecule has 2 aromatic rings. The highest BCUT2D eigenvalue weighted by atomic mass is 127. The molecule has 0 spiro atoms. The van der Waals surface area contributed by atoms with Crippen molar-refractivity contribution in [2.45, 2.75) is 18.9 Å². The van der Waals surface area contributed by atoms with Gasteiger partial charge >= 0.3 is 0 Å². The van der Waals surface area contributed by atoms with Crippen LogP contribution in [-0.4, -0.2) is 25.7 Å². The number of ether oxygens (including phenoxy) is 1. The van der Waals surface area contributed by atoms with Gasteiger partial charge in [-0.05, 0) is 65.1 Å². The largest absolute Gasteiger partial charge is 0.381 e. The molecule has 2 N–H and O–H groups in total. The van der Waals surface area contributed by atoms with Crippen molar-refractivity contribution >= 4 is 37.8 Å². The molecule has 4 rings (SSSR count). The van der Waals surface area contributed by atoms with Crippen molar-refractivity contribution in [3.8, 4) is 0 Å². The van der Waals surface area contributed by atoms with Crippen molar-refractivity contribution in [2.75, 3.05) is 25.1 Å². The summed E-state index contributed by atoms with van der Waals surface area (Å²) < 4.78 is 6.70. The number of nitrogens with one attached hydrogen (secondary N) is 2. The molecule has 0 bridgehead atoms. The fourth-order valence-corrected chi connectivity index (χ4v) is 4.47. The zero-order valence-electron chi connectivity index (χ0n) is 15.1. The van der Waals surface area contributed by atoms with Gasteiger partial charge in [0.05, 0.1) is 6.04 Å². The molecule has 2 heterocycles. The van der Waals surface area contributed by atoms with E-state index in [0.717, 1.165) is 49.4 Å². The summed E-state index contributed by atoms with van der Waals surface area (Å²) in [6, 6.07) is 16.2. The molecule has 1 unspecified atom stereocenters. The average molecular weight is 474 g/mol. The molecular weight excluding hydrogens is 451 g/mol. The van der Waals surface area contributed by atoms with Crippen LogP contribution >= 0.6 is 22.6 Å². The third-order valence-electron chi connectivity index (χ3n) is 5.30. The summed E-state index contributed by atoms with van der Waals surface area (Å²) in [7, 11) is 0. The minimum absolute atomic E-state index is 0.00590. The number of hydrogen-bond acceptors (Lipinski definition) is 3. The Labute approximate surface area is 173 Å². The van der Waals surface area contributed by atoms with E-state index in [2.05, 4.69) is 51.4 Å². The quantitative estimate of drug-likeness (QED) is 0.627. The normalized spacial score (nSPS) is 18.0. The number of anilines is 1. The van der Waals surface area contributed by atoms with Crippen molar-refractivity contribution < 1.29 is 9.53 Å². The Morgan fingerprint density at radius 1 is 1.15 bits per heavy atom. The predicted molar refractivity (Wildman–Crippen MR) is 117 cm³/mol. The zero-order valence-corrected chi connectivity index (χ0v) is 17.2. The summed E-state index contributed by atoms with van der Waals surface area (Å²) in [4.78, 5) is 13.1. The first-order valence-corrected chi connectivity index (χ1v) is 10.5. The van der Waals surface area contributed by atoms with Crippen LogP contribution in [0.5, 0.6) is 0 Å². The second-order valence-corrected chi connectivity index (χ2v) is 8.17. The molecule has 0 aliphatic carbocycles. The third-order valence-corrected chi connectivity index (χ3v) is 6.32. The third kappa shape index (κ3) is 4.19. The van der Waals surface area contributed by atoms with Gasteiger partial charge in [-0.1, -0.05) is 36.4 Å². The second kappa shape index (κ2) is 8.44. The molecule has 0 aromatic heterocycles. The van der Waals surface area contributed by atoms with Gasteiger partial charge in [-0.2, -0.15) is 0 Å². The molecule has 0 saturated carbocycles. The van der Waals surface area contributed by atoms with Crippen LogP contribution < -0.4 is 10.6 Å². The minimum Gasteiger partial charge on any atom is -0.381 e. The second-order valence-electron chi connectivity index (χ2n) is 7.00. The number of benzene rings is 2. The van der Waals surface area contributed by atoms with Crippen molar-refractivity contribution in [3.05, 3.63) is 71.3 Å². The maximum atomic E-state index is 13.1. The van der Waals surface area contributed by atoms with Crippen LogP contribution in [0.3, 0.4) is 0 Å². The molecule has 5 heteroatoms. The van der Waals surface area contributed by atoms with Crippen molar-refractivity contribution in [1.29, 1.82) is 0 Å². The van der Waals surface area contributed by atoms with E-state index in [1.807, 2.05) is 36.4 Å². The van der Waals surface area contributed by atoms with E-state index >= 15 is 0 Å². The van der Waals surface area contributed by atoms with E-state index in [4.69, 9.17) is 4.74 Å². The van der Waals surface area contributed by atoms with Crippen LogP contribution in [0, 0.1) is 5.92 Å². The Bertz CT molecular complexity index is 845. The molecule has 1 fully saturated rings. The Morgan fingerprint density at radius 3 is 2.70 bits per heavy atom. The number of amides is 1. The Hall–Kier alpha value is -1.86. The van der Waals surface area contributed by atoms with Gasteiger partial charge in [0.1, 0.15) is 0 Å². The number of hydrogen-bond donors (Lipinski definition) is 2. The highest BCUT2D eigenvalue weighted by molar-refractivity contribution is 14.1. The monoisotopic (exact) mass is 474 g/mol. The van der Waals surface area contributed by atoms with Crippen LogP contribution in [0.2, 0.25) is 0 Å². The van der Waals surface area contributed by atoms with Gasteiger partial charge in [0.2, 0.25) is 0 Å². The lowest BCUT2D eigenvalue weighted by atomic mass is 9.87. The maximum Gasteiger partial charge on any atom is 0.251 e. The van der Waals surface area contributed by atoms with E-state index in [1.54, 1.807) is 0 Å². The maximum absolute atomic E-state index is 13.1. The van der Waals surface area contributed by atoms with Crippen molar-refractivity contribution in [1.82, 2.24) is 5.32 Å². The molecule has 140 valence electrons. The number of rotatable bonds is 4. The number of carbonyl (C=O) groups excluding carboxylic acids is 1. The lowest BCUT2D eigenvalue weighted by Crippen LogP contribution is -2.36. The van der Waals surface area contributed by atoms with E-state index in [-0.39, 0.29) is 11.9 Å². The van der Waals surface area contributed by atoms with E-state index in [1.165, 1.54) is 3.58 Å². The SMILES string of the molecule is O=C(NC(c1ccccc1)C1CCOCC1)c1ccc2c(c1)C(I)=CCN2. The molecule has 1 saturated heterocycles. The molecule has 4 nitrogen and oxygen atoms in total. The predicted octanol–water partition coefficient (Wildman–Crippen LogP) is 4.79. The molecular formula is C22H23IN2O2. The standard InChI is InChI=1S/C22H23IN2O2/c23-19-8-11-24-20-7-6-17(14-18(19)20)22(26)25-21(15-4-2-1-3-5-15)16-9-12-27-13-10-16/h1-8,14,16,21,24H,9-13H2,(H,25,26). The summed E-state index contributed by atoms with van der Waals surface area (Å²) in [6.07, 6.45) is 4.07. The summed E-state index contributed by atoms with van der Waals surface area (Å²) in [5.41, 5.74) is 4.04. The lowest BCUT2D eigenvalue weighted by Gasteiger charge is -2.31. The number of halogens is 1. The van der Waals surface area contributed by atoms with E-state index in [0.29, 0.717) is 11.5 Å². The van der Waals surface area contributed by atoms with Gasteiger partial charge in [-0.25, -0.2) is 0 Å². The highest BCUT2D eigenvalue weighted by Crippen LogP contribution is 2.34. The van der Waals surface area contributed by atoms with Gasteiger partial charge in [0, 0.05) is 40.2 Å². The molecule has 1 atom stereocenters. The van der Waals surface area contributed by atoms with E-state index in [9.17, 15) is 4.79 Å². The van der Waals surface area contributed by atoms with Gasteiger partial charge < -0.3 is 15.4 Å². The van der Waals surface area contributed by atoms with E-state index < -0.39 is 0 Å². The van der Waals surface area contributed by atoms with Crippen molar-refractivity contribution in [2.24, 2.45) is 5.92 Å². The molecule has 1 amide bonds. The Kier molecular flexibility index (Phi) is 5.78. The first-order valence-electron chi connectivity index (χ1n) is 9.40. The topological polar surface area (TPSA) is 50.4 Å². The summed E-state index contributed by atoms with van der Waals surface area (Å²) in [5.74, 6) is 0.373. The molecule has 0 radical (unpaired) electrons. The smallest absolute Gasteiger partial charge is 0.251 e. The van der Waals surface area contributed by atoms with Gasteiger partial charge in [0.25, 0.3) is 5.91 Å². The van der Waals surface area contributed by atoms with Gasteiger partial charge in [-0.3, -0.25) is 4.79 Å². The molecule has 2 aliphatic heterocycles. The Balaban J connectivity index is 1.59. The lowest BCUT2D eigenvalue weighted by molar-refractivity contribution is 0.0514. The summed E-state index contributed by atoms with van der Waals surface area (Å²) in [5, 5.41) is 6.65. The van der Waals surface area contributed by atoms with Crippen LogP contribution in [0.4, 0.5) is 5.69 Å². The fourth-order valence-electron chi connectivity index (χ4n) is 3.81.